The normalized spacial score (nSPS) is 13.5. The number of carboxylic acids is 1. The summed E-state index contributed by atoms with van der Waals surface area (Å²) < 4.78 is 0. The van der Waals surface area contributed by atoms with Crippen LogP contribution in [0.4, 0.5) is 0 Å². The number of hydrogen-bond acceptors (Lipinski definition) is 7. The Hall–Kier alpha value is -6.14. The molecule has 0 aliphatic heterocycles. The molecule has 0 saturated carbocycles. The highest BCUT2D eigenvalue weighted by molar-refractivity contribution is 5.94. The number of H-pyrrole nitrogens is 1. The fourth-order valence-corrected chi connectivity index (χ4v) is 5.66. The fraction of sp³-hybridized carbons (Fsp3) is 0.211. The van der Waals surface area contributed by atoms with E-state index in [0.717, 1.165) is 22.0 Å². The van der Waals surface area contributed by atoms with Crippen molar-refractivity contribution in [1.29, 1.82) is 0 Å². The second kappa shape index (κ2) is 16.3. The maximum atomic E-state index is 14.0. The maximum Gasteiger partial charge on any atom is 0.326 e. The van der Waals surface area contributed by atoms with Gasteiger partial charge in [0.15, 0.2) is 0 Å². The molecule has 1 heterocycles. The van der Waals surface area contributed by atoms with E-state index in [1.807, 2.05) is 30.3 Å². The van der Waals surface area contributed by atoms with Crippen LogP contribution < -0.4 is 21.7 Å². The summed E-state index contributed by atoms with van der Waals surface area (Å²) in [5, 5.41) is 38.3. The van der Waals surface area contributed by atoms with Gasteiger partial charge in [-0.1, -0.05) is 72.8 Å². The SMILES string of the molecule is NC(Cc1c[nH]c2ccccc12)C(=O)NC(Cc1ccccc1)C(=O)NC(Cc1ccc(O)cc1)C(=O)NC(Cc1ccc(O)cc1)C(=O)O. The molecule has 3 amide bonds. The van der Waals surface area contributed by atoms with Crippen molar-refractivity contribution in [2.24, 2.45) is 5.73 Å². The molecule has 9 N–H and O–H groups in total. The molecule has 0 spiro atoms. The van der Waals surface area contributed by atoms with Gasteiger partial charge in [0.05, 0.1) is 6.04 Å². The molecule has 0 saturated heterocycles. The van der Waals surface area contributed by atoms with Crippen molar-refractivity contribution in [2.45, 2.75) is 49.9 Å². The van der Waals surface area contributed by atoms with Gasteiger partial charge in [-0.15, -0.1) is 0 Å². The minimum Gasteiger partial charge on any atom is -0.508 e. The van der Waals surface area contributed by atoms with Crippen LogP contribution in [0.5, 0.6) is 11.5 Å². The van der Waals surface area contributed by atoms with Crippen molar-refractivity contribution in [3.8, 4) is 11.5 Å². The van der Waals surface area contributed by atoms with Crippen molar-refractivity contribution in [1.82, 2.24) is 20.9 Å². The summed E-state index contributed by atoms with van der Waals surface area (Å²) in [6.45, 7) is 0. The summed E-state index contributed by atoms with van der Waals surface area (Å²) in [4.78, 5) is 56.5. The molecule has 0 radical (unpaired) electrons. The molecule has 50 heavy (non-hydrogen) atoms. The first-order valence-electron chi connectivity index (χ1n) is 16.1. The van der Waals surface area contributed by atoms with Crippen molar-refractivity contribution in [3.05, 3.63) is 132 Å². The van der Waals surface area contributed by atoms with E-state index >= 15 is 0 Å². The molecule has 0 aliphatic carbocycles. The van der Waals surface area contributed by atoms with Crippen LogP contribution >= 0.6 is 0 Å². The lowest BCUT2D eigenvalue weighted by atomic mass is 10.0. The van der Waals surface area contributed by atoms with Gasteiger partial charge in [0, 0.05) is 36.4 Å². The lowest BCUT2D eigenvalue weighted by Crippen LogP contribution is -2.58. The molecule has 5 aromatic rings. The lowest BCUT2D eigenvalue weighted by Gasteiger charge is -2.25. The number of carbonyl (C=O) groups excluding carboxylic acids is 3. The highest BCUT2D eigenvalue weighted by Gasteiger charge is 2.31. The number of aromatic hydroxyl groups is 2. The molecule has 1 aromatic heterocycles. The Balaban J connectivity index is 1.35. The monoisotopic (exact) mass is 677 g/mol. The number of hydrogen-bond donors (Lipinski definition) is 8. The number of aliphatic carboxylic acids is 1. The Labute approximate surface area is 288 Å². The van der Waals surface area contributed by atoms with E-state index < -0.39 is 47.9 Å². The van der Waals surface area contributed by atoms with Gasteiger partial charge in [0.2, 0.25) is 17.7 Å². The number of phenols is 2. The molecule has 12 nitrogen and oxygen atoms in total. The molecule has 258 valence electrons. The highest BCUT2D eigenvalue weighted by Crippen LogP contribution is 2.19. The Morgan fingerprint density at radius 3 is 1.60 bits per heavy atom. The van der Waals surface area contributed by atoms with Gasteiger partial charge in [-0.05, 0) is 59.0 Å². The molecule has 0 fully saturated rings. The van der Waals surface area contributed by atoms with E-state index in [9.17, 15) is 34.5 Å². The first-order valence-corrected chi connectivity index (χ1v) is 16.1. The summed E-state index contributed by atoms with van der Waals surface area (Å²) in [6.07, 6.45) is 1.96. The third kappa shape index (κ3) is 9.48. The van der Waals surface area contributed by atoms with Crippen molar-refractivity contribution in [2.75, 3.05) is 0 Å². The Kier molecular flexibility index (Phi) is 11.5. The molecule has 0 aliphatic rings. The third-order valence-corrected chi connectivity index (χ3v) is 8.37. The third-order valence-electron chi connectivity index (χ3n) is 8.37. The molecule has 12 heteroatoms. The number of phenolic OH excluding ortho intramolecular Hbond substituents is 2. The summed E-state index contributed by atoms with van der Waals surface area (Å²) in [5.41, 5.74) is 9.99. The van der Waals surface area contributed by atoms with E-state index in [0.29, 0.717) is 11.1 Å². The first-order chi connectivity index (χ1) is 24.0. The van der Waals surface area contributed by atoms with Crippen LogP contribution in [-0.2, 0) is 44.9 Å². The summed E-state index contributed by atoms with van der Waals surface area (Å²) in [5.74, 6) is -3.28. The number of rotatable bonds is 15. The summed E-state index contributed by atoms with van der Waals surface area (Å²) in [6, 6.07) is 23.9. The van der Waals surface area contributed by atoms with E-state index in [1.54, 1.807) is 54.7 Å². The summed E-state index contributed by atoms with van der Waals surface area (Å²) >= 11 is 0. The molecular weight excluding hydrogens is 638 g/mol. The largest absolute Gasteiger partial charge is 0.508 e. The second-order valence-electron chi connectivity index (χ2n) is 12.1. The number of aromatic nitrogens is 1. The van der Waals surface area contributed by atoms with Crippen LogP contribution in [0, 0.1) is 0 Å². The van der Waals surface area contributed by atoms with Gasteiger partial charge in [0.1, 0.15) is 29.6 Å². The van der Waals surface area contributed by atoms with Gasteiger partial charge in [0.25, 0.3) is 0 Å². The van der Waals surface area contributed by atoms with E-state index in [2.05, 4.69) is 20.9 Å². The predicted octanol–water partition coefficient (Wildman–Crippen LogP) is 2.72. The van der Waals surface area contributed by atoms with Crippen LogP contribution in [-0.4, -0.2) is 68.2 Å². The number of carbonyl (C=O) groups is 4. The lowest BCUT2D eigenvalue weighted by molar-refractivity contribution is -0.142. The number of aromatic amines is 1. The van der Waals surface area contributed by atoms with E-state index in [4.69, 9.17) is 5.73 Å². The van der Waals surface area contributed by atoms with Crippen LogP contribution in [0.3, 0.4) is 0 Å². The standard InChI is InChI=1S/C38H39N5O7/c39-30(21-26-22-40-31-9-5-4-8-29(26)31)35(46)41-32(18-23-6-2-1-3-7-23)36(47)42-33(19-24-10-14-27(44)15-11-24)37(48)43-34(38(49)50)20-25-12-16-28(45)17-13-25/h1-17,22,30,32-34,40,44-45H,18-21,39H2,(H,41,46)(H,42,47)(H,43,48)(H,49,50). The van der Waals surface area contributed by atoms with Gasteiger partial charge >= 0.3 is 5.97 Å². The minimum atomic E-state index is -1.35. The van der Waals surface area contributed by atoms with Gasteiger partial charge in [-0.3, -0.25) is 14.4 Å². The zero-order valence-electron chi connectivity index (χ0n) is 27.1. The quantitative estimate of drug-likeness (QED) is 0.0825. The van der Waals surface area contributed by atoms with Crippen LogP contribution in [0.25, 0.3) is 10.9 Å². The zero-order valence-corrected chi connectivity index (χ0v) is 27.1. The number of amides is 3. The molecule has 5 rings (SSSR count). The predicted molar refractivity (Wildman–Crippen MR) is 187 cm³/mol. The van der Waals surface area contributed by atoms with Crippen molar-refractivity contribution >= 4 is 34.6 Å². The van der Waals surface area contributed by atoms with Gasteiger partial charge < -0.3 is 42.0 Å². The maximum absolute atomic E-state index is 14.0. The molecular formula is C38H39N5O7. The number of benzene rings is 4. The number of carboxylic acid groups (broad SMARTS) is 1. The van der Waals surface area contributed by atoms with Crippen molar-refractivity contribution in [3.63, 3.8) is 0 Å². The number of nitrogens with two attached hydrogens (primary N) is 1. The number of fused-ring (bicyclic) bond motifs is 1. The van der Waals surface area contributed by atoms with Crippen LogP contribution in [0.15, 0.2) is 109 Å². The highest BCUT2D eigenvalue weighted by atomic mass is 16.4. The fourth-order valence-electron chi connectivity index (χ4n) is 5.66. The Morgan fingerprint density at radius 1 is 0.580 bits per heavy atom. The van der Waals surface area contributed by atoms with Crippen LogP contribution in [0.2, 0.25) is 0 Å². The average molecular weight is 678 g/mol. The smallest absolute Gasteiger partial charge is 0.326 e. The number of para-hydroxylation sites is 1. The van der Waals surface area contributed by atoms with Crippen LogP contribution in [0.1, 0.15) is 22.3 Å². The van der Waals surface area contributed by atoms with Gasteiger partial charge in [-0.25, -0.2) is 4.79 Å². The minimum absolute atomic E-state index is 0.00763. The zero-order chi connectivity index (χ0) is 35.6. The van der Waals surface area contributed by atoms with Gasteiger partial charge in [-0.2, -0.15) is 0 Å². The molecule has 4 atom stereocenters. The molecule has 4 unspecified atom stereocenters. The molecule has 4 aromatic carbocycles. The first kappa shape index (κ1) is 35.2. The van der Waals surface area contributed by atoms with E-state index in [-0.39, 0.29) is 37.2 Å². The Bertz CT molecular complexity index is 1930. The Morgan fingerprint density at radius 2 is 1.04 bits per heavy atom. The van der Waals surface area contributed by atoms with E-state index in [1.165, 1.54) is 24.3 Å². The topological polar surface area (TPSA) is 207 Å². The van der Waals surface area contributed by atoms with Crippen molar-refractivity contribution < 1.29 is 34.5 Å². The summed E-state index contributed by atoms with van der Waals surface area (Å²) in [7, 11) is 0. The molecule has 0 bridgehead atoms. The average Bonchev–Trinajstić information content (AvgIpc) is 3.52. The second-order valence-corrected chi connectivity index (χ2v) is 12.1. The number of nitrogens with one attached hydrogen (secondary N) is 4.